The van der Waals surface area contributed by atoms with E-state index in [9.17, 15) is 19.9 Å². The van der Waals surface area contributed by atoms with Gasteiger partial charge in [-0.25, -0.2) is 4.79 Å². The molecule has 1 aliphatic rings. The number of ether oxygens (including phenoxy) is 2. The van der Waals surface area contributed by atoms with Crippen molar-refractivity contribution in [2.24, 2.45) is 4.74 Å². The molecule has 9 nitrogen and oxygen atoms in total. The van der Waals surface area contributed by atoms with E-state index in [1.807, 2.05) is 6.07 Å². The zero-order valence-corrected chi connectivity index (χ0v) is 20.8. The van der Waals surface area contributed by atoms with Crippen LogP contribution in [-0.4, -0.2) is 33.3 Å². The molecule has 0 spiro atoms. The topological polar surface area (TPSA) is 134 Å². The Labute approximate surface area is 200 Å². The van der Waals surface area contributed by atoms with E-state index in [0.717, 1.165) is 36.8 Å². The highest BCUT2D eigenvalue weighted by molar-refractivity contribution is 7.34. The van der Waals surface area contributed by atoms with Crippen molar-refractivity contribution < 1.29 is 33.9 Å². The number of carbonyl (C=O) groups is 1. The second-order valence-electron chi connectivity index (χ2n) is 8.49. The average Bonchev–Trinajstić information content (AvgIpc) is 2.80. The number of pyridine rings is 1. The van der Waals surface area contributed by atoms with Gasteiger partial charge in [-0.05, 0) is 65.0 Å². The lowest BCUT2D eigenvalue weighted by Gasteiger charge is -2.20. The molecule has 3 rings (SSSR count). The Kier molecular flexibility index (Phi) is 8.83. The van der Waals surface area contributed by atoms with E-state index in [2.05, 4.69) is 9.73 Å². The van der Waals surface area contributed by atoms with E-state index in [4.69, 9.17) is 14.0 Å². The largest absolute Gasteiger partial charge is 0.575 e. The van der Waals surface area contributed by atoms with Gasteiger partial charge in [-0.3, -0.25) is 9.51 Å². The predicted octanol–water partition coefficient (Wildman–Crippen LogP) is 3.62. The molecule has 1 unspecified atom stereocenters. The first-order valence-corrected chi connectivity index (χ1v) is 12.5. The molecule has 1 heterocycles. The van der Waals surface area contributed by atoms with Crippen LogP contribution in [0.4, 0.5) is 0 Å². The molecule has 1 aromatic heterocycles. The number of aromatic hydroxyl groups is 1. The van der Waals surface area contributed by atoms with Crippen molar-refractivity contribution in [2.75, 3.05) is 0 Å². The zero-order chi connectivity index (χ0) is 24.8. The fourth-order valence-corrected chi connectivity index (χ4v) is 4.53. The summed E-state index contributed by atoms with van der Waals surface area (Å²) in [6.45, 7) is 6.26. The van der Waals surface area contributed by atoms with E-state index in [1.165, 1.54) is 13.1 Å². The molecule has 0 bridgehead atoms. The minimum Gasteiger partial charge on any atom is -0.575 e. The molecule has 2 atom stereocenters. The van der Waals surface area contributed by atoms with Crippen molar-refractivity contribution in [2.45, 2.75) is 78.7 Å². The SMILES string of the molecule is Cc1ncc(COc2ccc3c(c2O[P+]([O-])=N[C@@H](C)C(=O)OC(C)C)CCCC3)c(CO)c1O. The predicted molar refractivity (Wildman–Crippen MR) is 125 cm³/mol. The van der Waals surface area contributed by atoms with Crippen molar-refractivity contribution in [1.82, 2.24) is 4.98 Å². The lowest BCUT2D eigenvalue weighted by atomic mass is 9.91. The molecule has 0 fully saturated rings. The maximum Gasteiger partial charge on any atom is 0.395 e. The Bertz CT molecular complexity index is 1070. The number of nitrogens with zero attached hydrogens (tertiary/aromatic N) is 2. The molecule has 10 heteroatoms. The summed E-state index contributed by atoms with van der Waals surface area (Å²) in [7, 11) is -2.57. The van der Waals surface area contributed by atoms with Gasteiger partial charge in [0.1, 0.15) is 12.4 Å². The molecular formula is C24H31N2O7P. The first kappa shape index (κ1) is 25.9. The summed E-state index contributed by atoms with van der Waals surface area (Å²) in [4.78, 5) is 28.9. The molecule has 0 amide bonds. The Hall–Kier alpha value is -2.74. The summed E-state index contributed by atoms with van der Waals surface area (Å²) >= 11 is 0. The summed E-state index contributed by atoms with van der Waals surface area (Å²) in [5.74, 6) is 0.0493. The number of esters is 1. The third-order valence-electron chi connectivity index (χ3n) is 5.55. The fraction of sp³-hybridized carbons (Fsp3) is 0.500. The first-order chi connectivity index (χ1) is 16.2. The quantitative estimate of drug-likeness (QED) is 0.402. The van der Waals surface area contributed by atoms with Crippen molar-refractivity contribution in [3.8, 4) is 17.2 Å². The summed E-state index contributed by atoms with van der Waals surface area (Å²) in [6, 6.07) is 2.77. The molecule has 0 saturated heterocycles. The van der Waals surface area contributed by atoms with Gasteiger partial charge in [0.15, 0.2) is 11.8 Å². The number of aryl methyl sites for hydroxylation is 2. The minimum atomic E-state index is -2.57. The molecule has 0 aliphatic heterocycles. The molecule has 184 valence electrons. The van der Waals surface area contributed by atoms with Crippen LogP contribution in [0.5, 0.6) is 17.2 Å². The van der Waals surface area contributed by atoms with E-state index in [0.29, 0.717) is 28.3 Å². The van der Waals surface area contributed by atoms with Crippen LogP contribution in [0.3, 0.4) is 0 Å². The number of hydrogen-bond donors (Lipinski definition) is 2. The number of aromatic nitrogens is 1. The fourth-order valence-electron chi connectivity index (χ4n) is 3.75. The van der Waals surface area contributed by atoms with Gasteiger partial charge in [0.05, 0.1) is 18.4 Å². The number of aliphatic hydroxyl groups excluding tert-OH is 1. The van der Waals surface area contributed by atoms with Crippen LogP contribution in [0.1, 0.15) is 61.6 Å². The van der Waals surface area contributed by atoms with E-state index in [1.54, 1.807) is 26.8 Å². The van der Waals surface area contributed by atoms with Crippen molar-refractivity contribution in [1.29, 1.82) is 0 Å². The summed E-state index contributed by atoms with van der Waals surface area (Å²) in [5, 5.41) is 19.9. The number of hydrogen-bond acceptors (Lipinski definition) is 9. The number of rotatable bonds is 9. The number of carbonyl (C=O) groups excluding carboxylic acids is 1. The second kappa shape index (κ2) is 11.6. The highest BCUT2D eigenvalue weighted by Crippen LogP contribution is 2.42. The molecule has 1 aliphatic carbocycles. The smallest absolute Gasteiger partial charge is 0.395 e. The molecule has 0 saturated carbocycles. The van der Waals surface area contributed by atoms with Gasteiger partial charge in [-0.2, -0.15) is 0 Å². The third-order valence-corrected chi connectivity index (χ3v) is 6.42. The Balaban J connectivity index is 1.87. The van der Waals surface area contributed by atoms with E-state index < -0.39 is 20.2 Å². The Morgan fingerprint density at radius 3 is 2.71 bits per heavy atom. The van der Waals surface area contributed by atoms with Gasteiger partial charge < -0.3 is 24.6 Å². The number of benzene rings is 1. The summed E-state index contributed by atoms with van der Waals surface area (Å²) in [5.41, 5.74) is 3.27. The van der Waals surface area contributed by atoms with E-state index in [-0.39, 0.29) is 25.1 Å². The van der Waals surface area contributed by atoms with Gasteiger partial charge in [-0.15, -0.1) is 0 Å². The molecular weight excluding hydrogens is 459 g/mol. The zero-order valence-electron chi connectivity index (χ0n) is 19.9. The molecule has 0 radical (unpaired) electrons. The molecule has 2 aromatic rings. The van der Waals surface area contributed by atoms with Gasteiger partial charge in [0.25, 0.3) is 0 Å². The van der Waals surface area contributed by atoms with Gasteiger partial charge in [0.2, 0.25) is 5.75 Å². The highest BCUT2D eigenvalue weighted by Gasteiger charge is 2.25. The standard InChI is InChI=1S/C24H31N2O7P/c1-14(2)32-24(29)16(4)26-34(30)33-23-19-8-6-5-7-17(19)9-10-21(23)31-13-18-11-25-15(3)22(28)20(18)12-27/h9-11,14,16,27-28H,5-8,12-13H2,1-4H3/t16-/m0/s1. The Morgan fingerprint density at radius 1 is 1.26 bits per heavy atom. The van der Waals surface area contributed by atoms with Crippen LogP contribution in [0.25, 0.3) is 0 Å². The monoisotopic (exact) mass is 490 g/mol. The van der Waals surface area contributed by atoms with E-state index >= 15 is 0 Å². The molecule has 34 heavy (non-hydrogen) atoms. The van der Waals surface area contributed by atoms with Gasteiger partial charge in [-0.1, -0.05) is 10.8 Å². The first-order valence-electron chi connectivity index (χ1n) is 11.3. The average molecular weight is 490 g/mol. The van der Waals surface area contributed by atoms with Crippen LogP contribution in [-0.2, 0) is 35.6 Å². The molecule has 1 aromatic carbocycles. The van der Waals surface area contributed by atoms with Crippen LogP contribution < -0.4 is 14.2 Å². The lowest BCUT2D eigenvalue weighted by Crippen LogP contribution is -2.21. The maximum atomic E-state index is 12.7. The Morgan fingerprint density at radius 2 is 2.00 bits per heavy atom. The summed E-state index contributed by atoms with van der Waals surface area (Å²) in [6.07, 6.45) is 4.87. The number of aliphatic hydroxyl groups is 1. The minimum absolute atomic E-state index is 0.0108. The van der Waals surface area contributed by atoms with Crippen LogP contribution in [0, 0.1) is 6.92 Å². The van der Waals surface area contributed by atoms with Crippen LogP contribution >= 0.6 is 8.17 Å². The third kappa shape index (κ3) is 6.23. The number of fused-ring (bicyclic) bond motifs is 1. The van der Waals surface area contributed by atoms with Crippen LogP contribution in [0.2, 0.25) is 0 Å². The summed E-state index contributed by atoms with van der Waals surface area (Å²) < 4.78 is 20.8. The van der Waals surface area contributed by atoms with Crippen molar-refractivity contribution in [3.05, 3.63) is 46.3 Å². The highest BCUT2D eigenvalue weighted by atomic mass is 31.1. The maximum absolute atomic E-state index is 12.7. The second-order valence-corrected chi connectivity index (χ2v) is 9.38. The lowest BCUT2D eigenvalue weighted by molar-refractivity contribution is -0.170. The molecule has 2 N–H and O–H groups in total. The van der Waals surface area contributed by atoms with Crippen molar-refractivity contribution >= 4 is 14.1 Å². The van der Waals surface area contributed by atoms with Gasteiger partial charge in [0, 0.05) is 22.9 Å². The van der Waals surface area contributed by atoms with Gasteiger partial charge >= 0.3 is 14.1 Å². The normalized spacial score (nSPS) is 14.5. The van der Waals surface area contributed by atoms with Crippen molar-refractivity contribution in [3.63, 3.8) is 0 Å². The van der Waals surface area contributed by atoms with Crippen LogP contribution in [0.15, 0.2) is 23.1 Å².